The molecule has 4 aromatic rings. The summed E-state index contributed by atoms with van der Waals surface area (Å²) in [5.74, 6) is -0.341. The summed E-state index contributed by atoms with van der Waals surface area (Å²) in [6.07, 6.45) is 1.56. The molecule has 0 spiro atoms. The summed E-state index contributed by atoms with van der Waals surface area (Å²) >= 11 is 0.970. The van der Waals surface area contributed by atoms with Gasteiger partial charge in [0.15, 0.2) is 0 Å². The fourth-order valence-electron chi connectivity index (χ4n) is 2.92. The van der Waals surface area contributed by atoms with Gasteiger partial charge in [-0.25, -0.2) is 0 Å². The van der Waals surface area contributed by atoms with E-state index in [-0.39, 0.29) is 10.8 Å². The Bertz CT molecular complexity index is 1150. The highest BCUT2D eigenvalue weighted by molar-refractivity contribution is 7.13. The van der Waals surface area contributed by atoms with Crippen LogP contribution in [0.1, 0.15) is 10.6 Å². The second-order valence-corrected chi connectivity index (χ2v) is 6.99. The third-order valence-corrected chi connectivity index (χ3v) is 5.11. The zero-order valence-electron chi connectivity index (χ0n) is 15.0. The van der Waals surface area contributed by atoms with Gasteiger partial charge in [-0.3, -0.25) is 25.8 Å². The van der Waals surface area contributed by atoms with Crippen molar-refractivity contribution in [3.63, 3.8) is 0 Å². The van der Waals surface area contributed by atoms with Crippen LogP contribution < -0.4 is 10.9 Å². The van der Waals surface area contributed by atoms with E-state index in [1.54, 1.807) is 11.6 Å². The molecule has 0 aliphatic rings. The Hall–Kier alpha value is -3.91. The summed E-state index contributed by atoms with van der Waals surface area (Å²) in [6.45, 7) is 0. The number of nitrogens with one attached hydrogen (secondary N) is 2. The van der Waals surface area contributed by atoms with E-state index in [4.69, 9.17) is 4.42 Å². The van der Waals surface area contributed by atoms with E-state index in [1.807, 2.05) is 60.7 Å². The maximum atomic E-state index is 12.8. The molecule has 144 valence electrons. The molecular formula is C21H15N3O4S. The van der Waals surface area contributed by atoms with Gasteiger partial charge >= 0.3 is 10.9 Å². The van der Waals surface area contributed by atoms with Crippen molar-refractivity contribution in [1.29, 1.82) is 0 Å². The normalized spacial score (nSPS) is 10.5. The minimum atomic E-state index is -0.486. The van der Waals surface area contributed by atoms with Crippen molar-refractivity contribution in [2.24, 2.45) is 0 Å². The quantitative estimate of drug-likeness (QED) is 0.333. The van der Waals surface area contributed by atoms with Crippen molar-refractivity contribution in [2.45, 2.75) is 0 Å². The first-order valence-corrected chi connectivity index (χ1v) is 9.53. The van der Waals surface area contributed by atoms with E-state index < -0.39 is 10.8 Å². The fraction of sp³-hybridized carbons (Fsp3) is 0. The zero-order valence-corrected chi connectivity index (χ0v) is 15.8. The van der Waals surface area contributed by atoms with Crippen LogP contribution in [0, 0.1) is 10.1 Å². The minimum Gasteiger partial charge on any atom is -0.458 e. The molecule has 29 heavy (non-hydrogen) atoms. The summed E-state index contributed by atoms with van der Waals surface area (Å²) in [5, 5.41) is 12.3. The van der Waals surface area contributed by atoms with Crippen molar-refractivity contribution < 1.29 is 14.1 Å². The topological polar surface area (TPSA) is 97.4 Å². The summed E-state index contributed by atoms with van der Waals surface area (Å²) in [5.41, 5.74) is 8.90. The predicted molar refractivity (Wildman–Crippen MR) is 112 cm³/mol. The van der Waals surface area contributed by atoms with E-state index in [9.17, 15) is 14.9 Å². The number of carbonyl (C=O) groups excluding carboxylic acids is 1. The first kappa shape index (κ1) is 18.5. The largest absolute Gasteiger partial charge is 0.458 e. The first-order valence-electron chi connectivity index (χ1n) is 8.65. The second-order valence-electron chi connectivity index (χ2n) is 6.10. The van der Waals surface area contributed by atoms with Gasteiger partial charge in [0.05, 0.1) is 22.9 Å². The summed E-state index contributed by atoms with van der Waals surface area (Å²) in [7, 11) is 0. The fourth-order valence-corrected chi connectivity index (χ4v) is 3.57. The Labute approximate surface area is 169 Å². The van der Waals surface area contributed by atoms with Crippen molar-refractivity contribution in [1.82, 2.24) is 5.43 Å². The number of carbonyl (C=O) groups is 1. The molecule has 2 heterocycles. The lowest BCUT2D eigenvalue weighted by Crippen LogP contribution is -2.29. The molecule has 0 aliphatic heterocycles. The molecule has 1 amide bonds. The predicted octanol–water partition coefficient (Wildman–Crippen LogP) is 5.34. The van der Waals surface area contributed by atoms with Crippen LogP contribution in [0.25, 0.3) is 22.3 Å². The molecule has 0 unspecified atom stereocenters. The number of rotatable bonds is 6. The van der Waals surface area contributed by atoms with Gasteiger partial charge in [0.1, 0.15) is 0 Å². The van der Waals surface area contributed by atoms with E-state index in [2.05, 4.69) is 10.9 Å². The van der Waals surface area contributed by atoms with Gasteiger partial charge in [-0.15, -0.1) is 0 Å². The van der Waals surface area contributed by atoms with E-state index in [1.165, 1.54) is 6.07 Å². The lowest BCUT2D eigenvalue weighted by Gasteiger charge is -2.08. The van der Waals surface area contributed by atoms with E-state index in [0.29, 0.717) is 11.3 Å². The Morgan fingerprint density at radius 1 is 1.00 bits per heavy atom. The van der Waals surface area contributed by atoms with Crippen LogP contribution in [0.5, 0.6) is 0 Å². The number of nitro groups is 1. The van der Waals surface area contributed by atoms with Crippen LogP contribution in [-0.2, 0) is 0 Å². The highest BCUT2D eigenvalue weighted by Gasteiger charge is 2.22. The van der Waals surface area contributed by atoms with Crippen LogP contribution in [0.2, 0.25) is 0 Å². The molecule has 4 rings (SSSR count). The summed E-state index contributed by atoms with van der Waals surface area (Å²) < 4.78 is 5.64. The number of hydrogen-bond acceptors (Lipinski definition) is 6. The zero-order chi connectivity index (χ0) is 20.2. The summed E-state index contributed by atoms with van der Waals surface area (Å²) in [6, 6.07) is 20.5. The van der Waals surface area contributed by atoms with Gasteiger partial charge in [-0.05, 0) is 11.1 Å². The molecule has 2 aromatic carbocycles. The molecule has 7 nitrogen and oxygen atoms in total. The highest BCUT2D eigenvalue weighted by atomic mass is 32.1. The Kier molecular flexibility index (Phi) is 5.08. The molecule has 0 atom stereocenters. The molecule has 0 saturated heterocycles. The third-order valence-electron chi connectivity index (χ3n) is 4.23. The molecule has 0 saturated carbocycles. The number of nitrogens with zero attached hydrogens (tertiary/aromatic N) is 1. The maximum absolute atomic E-state index is 12.8. The first-order chi connectivity index (χ1) is 14.1. The Balaban J connectivity index is 1.65. The number of anilines is 1. The smallest absolute Gasteiger partial charge is 0.326 e. The number of hydrazine groups is 1. The molecule has 0 radical (unpaired) electrons. The van der Waals surface area contributed by atoms with Crippen LogP contribution in [0.3, 0.4) is 0 Å². The number of thiophene rings is 1. The molecule has 8 heteroatoms. The van der Waals surface area contributed by atoms with Crippen molar-refractivity contribution in [3.8, 4) is 22.3 Å². The van der Waals surface area contributed by atoms with Gasteiger partial charge in [0, 0.05) is 16.5 Å². The third kappa shape index (κ3) is 3.87. The molecule has 2 aromatic heterocycles. The Morgan fingerprint density at radius 2 is 1.66 bits per heavy atom. The van der Waals surface area contributed by atoms with Gasteiger partial charge < -0.3 is 4.42 Å². The molecular weight excluding hydrogens is 390 g/mol. The summed E-state index contributed by atoms with van der Waals surface area (Å²) in [4.78, 5) is 23.1. The number of benzene rings is 2. The molecule has 2 N–H and O–H groups in total. The number of hydrogen-bond donors (Lipinski definition) is 2. The van der Waals surface area contributed by atoms with Crippen LogP contribution in [0.4, 0.5) is 10.7 Å². The minimum absolute atomic E-state index is 0.0175. The van der Waals surface area contributed by atoms with E-state index in [0.717, 1.165) is 28.0 Å². The number of amides is 1. The van der Waals surface area contributed by atoms with Crippen LogP contribution in [-0.4, -0.2) is 10.8 Å². The van der Waals surface area contributed by atoms with Crippen LogP contribution >= 0.6 is 11.3 Å². The standard InChI is InChI=1S/C21H15N3O4S/c25-21(23-22-16-11-18(24(26)27)29-13-16)20-19(15-9-5-2-6-10-15)17(12-28-20)14-7-3-1-4-8-14/h1-13,22H,(H,23,25). The van der Waals surface area contributed by atoms with Gasteiger partial charge in [-0.1, -0.05) is 72.0 Å². The van der Waals surface area contributed by atoms with Gasteiger partial charge in [0.2, 0.25) is 5.76 Å². The van der Waals surface area contributed by atoms with Crippen LogP contribution in [0.15, 0.2) is 82.8 Å². The van der Waals surface area contributed by atoms with Crippen molar-refractivity contribution in [3.05, 3.63) is 94.2 Å². The van der Waals surface area contributed by atoms with E-state index >= 15 is 0 Å². The lowest BCUT2D eigenvalue weighted by molar-refractivity contribution is -0.380. The average molecular weight is 405 g/mol. The molecule has 0 fully saturated rings. The van der Waals surface area contributed by atoms with Crippen molar-refractivity contribution >= 4 is 27.9 Å². The lowest BCUT2D eigenvalue weighted by atomic mass is 9.96. The number of furan rings is 1. The monoisotopic (exact) mass is 405 g/mol. The highest BCUT2D eigenvalue weighted by Crippen LogP contribution is 2.36. The van der Waals surface area contributed by atoms with Crippen molar-refractivity contribution in [2.75, 3.05) is 5.43 Å². The molecule has 0 aliphatic carbocycles. The Morgan fingerprint density at radius 3 is 2.28 bits per heavy atom. The van der Waals surface area contributed by atoms with Gasteiger partial charge in [-0.2, -0.15) is 0 Å². The maximum Gasteiger partial charge on any atom is 0.326 e. The van der Waals surface area contributed by atoms with Gasteiger partial charge in [0.25, 0.3) is 0 Å². The average Bonchev–Trinajstić information content (AvgIpc) is 3.41. The SMILES string of the molecule is O=C(NNc1csc([N+](=O)[O-])c1)c1occ(-c2ccccc2)c1-c1ccccc1. The molecule has 0 bridgehead atoms. The second kappa shape index (κ2) is 7.99.